The zero-order chi connectivity index (χ0) is 23.5. The number of benzene rings is 2. The molecule has 0 unspecified atom stereocenters. The number of carbonyl (C=O) groups excluding carboxylic acids is 1. The lowest BCUT2D eigenvalue weighted by molar-refractivity contribution is 0.0628. The summed E-state index contributed by atoms with van der Waals surface area (Å²) in [6, 6.07) is 11.4. The summed E-state index contributed by atoms with van der Waals surface area (Å²) < 4.78 is 32.1. The fourth-order valence-corrected chi connectivity index (χ4v) is 5.04. The van der Waals surface area contributed by atoms with Crippen LogP contribution in [-0.2, 0) is 16.6 Å². The monoisotopic (exact) mass is 459 g/mol. The van der Waals surface area contributed by atoms with Gasteiger partial charge >= 0.3 is 0 Å². The largest absolute Gasteiger partial charge is 0.494 e. The molecular formula is C24H33N3O4S. The third-order valence-corrected chi connectivity index (χ3v) is 7.87. The molecule has 7 nitrogen and oxygen atoms in total. The number of nitrogens with zero attached hydrogens (tertiary/aromatic N) is 3. The molecule has 0 N–H and O–H groups in total. The zero-order valence-corrected chi connectivity index (χ0v) is 20.4. The van der Waals surface area contributed by atoms with E-state index in [0.29, 0.717) is 30.8 Å². The lowest BCUT2D eigenvalue weighted by Gasteiger charge is -2.35. The fourth-order valence-electron chi connectivity index (χ4n) is 3.82. The Morgan fingerprint density at radius 2 is 1.66 bits per heavy atom. The van der Waals surface area contributed by atoms with Crippen molar-refractivity contribution in [2.45, 2.75) is 32.2 Å². The molecule has 1 heterocycles. The van der Waals surface area contributed by atoms with Crippen LogP contribution in [0.15, 0.2) is 41.3 Å². The molecule has 1 saturated heterocycles. The van der Waals surface area contributed by atoms with E-state index >= 15 is 0 Å². The van der Waals surface area contributed by atoms with Crippen LogP contribution in [0.4, 0.5) is 0 Å². The maximum Gasteiger partial charge on any atom is 0.253 e. The van der Waals surface area contributed by atoms with E-state index in [1.165, 1.54) is 30.0 Å². The van der Waals surface area contributed by atoms with Gasteiger partial charge in [-0.2, -0.15) is 0 Å². The number of amides is 1. The lowest BCUT2D eigenvalue weighted by Crippen LogP contribution is -2.48. The first-order valence-corrected chi connectivity index (χ1v) is 12.3. The molecule has 8 heteroatoms. The molecule has 0 bridgehead atoms. The van der Waals surface area contributed by atoms with Gasteiger partial charge in [-0.1, -0.05) is 12.1 Å². The first-order valence-electron chi connectivity index (χ1n) is 10.9. The Balaban J connectivity index is 1.67. The van der Waals surface area contributed by atoms with Crippen LogP contribution in [0, 0.1) is 13.8 Å². The normalized spacial score (nSPS) is 15.2. The lowest BCUT2D eigenvalue weighted by atomic mass is 10.0. The van der Waals surface area contributed by atoms with Gasteiger partial charge in [0.05, 0.1) is 11.5 Å². The summed E-state index contributed by atoms with van der Waals surface area (Å²) >= 11 is 0. The first kappa shape index (κ1) is 24.2. The molecule has 0 saturated carbocycles. The van der Waals surface area contributed by atoms with Crippen molar-refractivity contribution in [1.29, 1.82) is 0 Å². The third kappa shape index (κ3) is 5.31. The van der Waals surface area contributed by atoms with E-state index in [1.54, 1.807) is 13.0 Å². The van der Waals surface area contributed by atoms with Crippen LogP contribution >= 0.6 is 0 Å². The predicted molar refractivity (Wildman–Crippen MR) is 126 cm³/mol. The Hall–Kier alpha value is -2.42. The van der Waals surface area contributed by atoms with E-state index in [4.69, 9.17) is 4.74 Å². The Morgan fingerprint density at radius 3 is 2.22 bits per heavy atom. The van der Waals surface area contributed by atoms with Gasteiger partial charge in [0, 0.05) is 52.4 Å². The molecule has 32 heavy (non-hydrogen) atoms. The average Bonchev–Trinajstić information content (AvgIpc) is 2.77. The molecule has 2 aromatic rings. The number of carbonyl (C=O) groups is 1. The summed E-state index contributed by atoms with van der Waals surface area (Å²) in [4.78, 5) is 17.5. The number of hydrogen-bond acceptors (Lipinski definition) is 5. The molecule has 0 radical (unpaired) electrons. The van der Waals surface area contributed by atoms with Crippen molar-refractivity contribution in [2.75, 3.05) is 46.9 Å². The van der Waals surface area contributed by atoms with Gasteiger partial charge in [0.25, 0.3) is 5.91 Å². The van der Waals surface area contributed by atoms with Crippen molar-refractivity contribution < 1.29 is 17.9 Å². The minimum absolute atomic E-state index is 0.121. The number of rotatable bonds is 7. The summed E-state index contributed by atoms with van der Waals surface area (Å²) in [5.41, 5.74) is 3.11. The van der Waals surface area contributed by atoms with Crippen LogP contribution in [-0.4, -0.2) is 75.3 Å². The maximum atomic E-state index is 13.2. The highest BCUT2D eigenvalue weighted by molar-refractivity contribution is 7.89. The second kappa shape index (κ2) is 10.0. The average molecular weight is 460 g/mol. The van der Waals surface area contributed by atoms with Crippen molar-refractivity contribution >= 4 is 15.9 Å². The fraction of sp³-hybridized carbons (Fsp3) is 0.458. The highest BCUT2D eigenvalue weighted by Crippen LogP contribution is 2.24. The molecule has 0 spiro atoms. The first-order chi connectivity index (χ1) is 15.1. The second-order valence-corrected chi connectivity index (χ2v) is 10.5. The van der Waals surface area contributed by atoms with E-state index < -0.39 is 10.0 Å². The highest BCUT2D eigenvalue weighted by Gasteiger charge is 2.26. The molecule has 0 aromatic heterocycles. The zero-order valence-electron chi connectivity index (χ0n) is 19.6. The molecule has 1 amide bonds. The Kier molecular flexibility index (Phi) is 7.59. The molecule has 0 aliphatic carbocycles. The summed E-state index contributed by atoms with van der Waals surface area (Å²) in [6.07, 6.45) is 0. The SMILES string of the molecule is CCOc1ccc(CN2CCN(C(=O)c3cc(C)c(C)c(S(=O)(=O)N(C)C)c3)CC2)cc1. The van der Waals surface area contributed by atoms with Gasteiger partial charge in [-0.15, -0.1) is 0 Å². The molecule has 1 aliphatic heterocycles. The van der Waals surface area contributed by atoms with Crippen molar-refractivity contribution in [1.82, 2.24) is 14.1 Å². The standard InChI is InChI=1S/C24H33N3O4S/c1-6-31-22-9-7-20(8-10-22)17-26-11-13-27(14-12-26)24(28)21-15-18(2)19(3)23(16-21)32(29,30)25(4)5/h7-10,15-16H,6,11-14,17H2,1-5H3. The topological polar surface area (TPSA) is 70.2 Å². The van der Waals surface area contributed by atoms with Gasteiger partial charge < -0.3 is 9.64 Å². The number of piperazine rings is 1. The molecule has 1 fully saturated rings. The van der Waals surface area contributed by atoms with Gasteiger partial charge in [0.2, 0.25) is 10.0 Å². The molecule has 0 atom stereocenters. The quantitative estimate of drug-likeness (QED) is 0.637. The number of hydrogen-bond donors (Lipinski definition) is 0. The molecule has 1 aliphatic rings. The van der Waals surface area contributed by atoms with Gasteiger partial charge in [-0.05, 0) is 61.7 Å². The van der Waals surface area contributed by atoms with Crippen LogP contribution in [0.1, 0.15) is 34.0 Å². The minimum Gasteiger partial charge on any atom is -0.494 e. The number of aryl methyl sites for hydroxylation is 1. The summed E-state index contributed by atoms with van der Waals surface area (Å²) in [6.45, 7) is 9.82. The molecule has 3 rings (SSSR count). The van der Waals surface area contributed by atoms with Gasteiger partial charge in [0.1, 0.15) is 5.75 Å². The van der Waals surface area contributed by atoms with Gasteiger partial charge in [-0.25, -0.2) is 12.7 Å². The van der Waals surface area contributed by atoms with E-state index in [9.17, 15) is 13.2 Å². The van der Waals surface area contributed by atoms with Crippen molar-refractivity contribution in [3.63, 3.8) is 0 Å². The Labute approximate surface area is 191 Å². The van der Waals surface area contributed by atoms with Gasteiger partial charge in [0.15, 0.2) is 0 Å². The molecule has 2 aromatic carbocycles. The van der Waals surface area contributed by atoms with Crippen LogP contribution in [0.3, 0.4) is 0 Å². The van der Waals surface area contributed by atoms with Crippen molar-refractivity contribution in [3.8, 4) is 5.75 Å². The third-order valence-electron chi connectivity index (χ3n) is 5.93. The van der Waals surface area contributed by atoms with Crippen LogP contribution in [0.5, 0.6) is 5.75 Å². The molecular weight excluding hydrogens is 426 g/mol. The van der Waals surface area contributed by atoms with E-state index in [-0.39, 0.29) is 10.8 Å². The minimum atomic E-state index is -3.62. The highest BCUT2D eigenvalue weighted by atomic mass is 32.2. The summed E-state index contributed by atoms with van der Waals surface area (Å²) in [5, 5.41) is 0. The smallest absolute Gasteiger partial charge is 0.253 e. The Bertz CT molecular complexity index is 1060. The van der Waals surface area contributed by atoms with Crippen LogP contribution < -0.4 is 4.74 Å². The maximum absolute atomic E-state index is 13.2. The van der Waals surface area contributed by atoms with Crippen LogP contribution in [0.2, 0.25) is 0 Å². The van der Waals surface area contributed by atoms with E-state index in [2.05, 4.69) is 17.0 Å². The van der Waals surface area contributed by atoms with Crippen LogP contribution in [0.25, 0.3) is 0 Å². The second-order valence-electron chi connectivity index (χ2n) is 8.35. The van der Waals surface area contributed by atoms with Crippen molar-refractivity contribution in [3.05, 3.63) is 58.7 Å². The van der Waals surface area contributed by atoms with E-state index in [0.717, 1.165) is 30.9 Å². The molecule has 174 valence electrons. The summed E-state index contributed by atoms with van der Waals surface area (Å²) in [5.74, 6) is 0.750. The van der Waals surface area contributed by atoms with Crippen molar-refractivity contribution in [2.24, 2.45) is 0 Å². The van der Waals surface area contributed by atoms with Gasteiger partial charge in [-0.3, -0.25) is 9.69 Å². The van der Waals surface area contributed by atoms with E-state index in [1.807, 2.05) is 30.9 Å². The summed E-state index contributed by atoms with van der Waals surface area (Å²) in [7, 11) is -0.617. The number of ether oxygens (including phenoxy) is 1. The predicted octanol–water partition coefficient (Wildman–Crippen LogP) is 2.91. The Morgan fingerprint density at radius 1 is 1.03 bits per heavy atom. The number of sulfonamides is 1.